The molecular weight excluding hydrogens is 420 g/mol. The first-order chi connectivity index (χ1) is 12.3. The molecule has 12 heteroatoms. The molecule has 0 radical (unpaired) electrons. The van der Waals surface area contributed by atoms with E-state index in [9.17, 15) is 19.2 Å². The Morgan fingerprint density at radius 1 is 0.846 bits per heavy atom. The van der Waals surface area contributed by atoms with Gasteiger partial charge >= 0.3 is 11.9 Å². The predicted octanol–water partition coefficient (Wildman–Crippen LogP) is 1.04. The molecule has 26 heavy (non-hydrogen) atoms. The fourth-order valence-electron chi connectivity index (χ4n) is 2.01. The van der Waals surface area contributed by atoms with Crippen molar-refractivity contribution in [2.45, 2.75) is 13.8 Å². The molecule has 2 aliphatic heterocycles. The van der Waals surface area contributed by atoms with Crippen LogP contribution in [0.4, 0.5) is 0 Å². The van der Waals surface area contributed by atoms with Gasteiger partial charge in [-0.25, -0.2) is 0 Å². The molecule has 0 aliphatic carbocycles. The Morgan fingerprint density at radius 3 is 1.50 bits per heavy atom. The SMILES string of the molecule is CCOC(=O)CN1C(=O)/C(=C2/SC(=S)N(CC(=O)OCC)C2=O)SC1=S. The van der Waals surface area contributed by atoms with E-state index in [2.05, 4.69) is 0 Å². The smallest absolute Gasteiger partial charge is 0.326 e. The van der Waals surface area contributed by atoms with E-state index in [1.807, 2.05) is 0 Å². The summed E-state index contributed by atoms with van der Waals surface area (Å²) in [6, 6.07) is 0. The Balaban J connectivity index is 2.19. The van der Waals surface area contributed by atoms with Gasteiger partial charge in [0, 0.05) is 0 Å². The van der Waals surface area contributed by atoms with E-state index in [0.29, 0.717) is 0 Å². The van der Waals surface area contributed by atoms with Crippen molar-refractivity contribution >= 4 is 80.4 Å². The van der Waals surface area contributed by atoms with E-state index in [1.54, 1.807) is 13.8 Å². The standard InChI is InChI=1S/C14H14N2O6S4/c1-3-21-7(17)5-15-11(19)9(25-13(15)23)10-12(20)16(14(24)26-10)6-8(18)22-4-2/h3-6H2,1-2H3/b10-9-. The fraction of sp³-hybridized carbons (Fsp3) is 0.429. The normalized spacial score (nSPS) is 20.2. The summed E-state index contributed by atoms with van der Waals surface area (Å²) in [4.78, 5) is 50.7. The number of thiocarbonyl (C=S) groups is 2. The second-order valence-electron chi connectivity index (χ2n) is 4.79. The molecular formula is C14H14N2O6S4. The van der Waals surface area contributed by atoms with Crippen molar-refractivity contribution in [2.75, 3.05) is 26.3 Å². The van der Waals surface area contributed by atoms with Gasteiger partial charge < -0.3 is 9.47 Å². The fourth-order valence-corrected chi connectivity index (χ4v) is 4.68. The number of hydrogen-bond donors (Lipinski definition) is 0. The minimum atomic E-state index is -0.597. The Kier molecular flexibility index (Phi) is 7.15. The van der Waals surface area contributed by atoms with Crippen LogP contribution < -0.4 is 0 Å². The maximum Gasteiger partial charge on any atom is 0.326 e. The first-order valence-corrected chi connectivity index (χ1v) is 9.87. The molecule has 0 unspecified atom stereocenters. The van der Waals surface area contributed by atoms with Gasteiger partial charge in [0.05, 0.1) is 23.0 Å². The monoisotopic (exact) mass is 434 g/mol. The van der Waals surface area contributed by atoms with Gasteiger partial charge in [-0.1, -0.05) is 48.0 Å². The summed E-state index contributed by atoms with van der Waals surface area (Å²) in [7, 11) is 0. The van der Waals surface area contributed by atoms with E-state index < -0.39 is 23.8 Å². The molecule has 0 atom stereocenters. The lowest BCUT2D eigenvalue weighted by Crippen LogP contribution is -2.35. The van der Waals surface area contributed by atoms with Crippen LogP contribution in [0.5, 0.6) is 0 Å². The van der Waals surface area contributed by atoms with Crippen LogP contribution in [0.25, 0.3) is 0 Å². The summed E-state index contributed by atoms with van der Waals surface area (Å²) in [5.74, 6) is -2.32. The lowest BCUT2D eigenvalue weighted by Gasteiger charge is -2.13. The van der Waals surface area contributed by atoms with Gasteiger partial charge in [-0.3, -0.25) is 29.0 Å². The Hall–Kier alpha value is -1.50. The third-order valence-corrected chi connectivity index (χ3v) is 6.12. The molecule has 140 valence electrons. The van der Waals surface area contributed by atoms with Crippen LogP contribution in [-0.4, -0.2) is 68.5 Å². The van der Waals surface area contributed by atoms with Crippen LogP contribution in [0, 0.1) is 0 Å². The molecule has 0 aromatic carbocycles. The van der Waals surface area contributed by atoms with Crippen molar-refractivity contribution in [1.29, 1.82) is 0 Å². The van der Waals surface area contributed by atoms with Crippen molar-refractivity contribution in [3.05, 3.63) is 9.81 Å². The second kappa shape index (κ2) is 8.93. The van der Waals surface area contributed by atoms with Gasteiger partial charge in [-0.15, -0.1) is 0 Å². The van der Waals surface area contributed by atoms with E-state index in [4.69, 9.17) is 33.9 Å². The molecule has 2 amide bonds. The van der Waals surface area contributed by atoms with E-state index >= 15 is 0 Å². The number of carbonyl (C=O) groups is 4. The van der Waals surface area contributed by atoms with Crippen molar-refractivity contribution in [3.8, 4) is 0 Å². The van der Waals surface area contributed by atoms with Gasteiger partial charge in [0.25, 0.3) is 11.8 Å². The molecule has 0 aromatic heterocycles. The topological polar surface area (TPSA) is 93.2 Å². The number of esters is 2. The Labute approximate surface area is 168 Å². The number of nitrogens with zero attached hydrogens (tertiary/aromatic N) is 2. The average Bonchev–Trinajstić information content (AvgIpc) is 3.00. The number of hydrogen-bond acceptors (Lipinski definition) is 10. The lowest BCUT2D eigenvalue weighted by molar-refractivity contribution is -0.146. The highest BCUT2D eigenvalue weighted by Crippen LogP contribution is 2.41. The number of ether oxygens (including phenoxy) is 2. The number of thioether (sulfide) groups is 2. The highest BCUT2D eigenvalue weighted by Gasteiger charge is 2.43. The highest BCUT2D eigenvalue weighted by atomic mass is 32.2. The van der Waals surface area contributed by atoms with Crippen LogP contribution in [0.15, 0.2) is 9.81 Å². The molecule has 2 heterocycles. The second-order valence-corrected chi connectivity index (χ2v) is 8.08. The molecule has 0 aromatic rings. The first kappa shape index (κ1) is 20.8. The zero-order valence-corrected chi connectivity index (χ0v) is 17.1. The van der Waals surface area contributed by atoms with Gasteiger partial charge in [0.15, 0.2) is 0 Å². The minimum Gasteiger partial charge on any atom is -0.465 e. The van der Waals surface area contributed by atoms with Crippen LogP contribution in [0.3, 0.4) is 0 Å². The Bertz CT molecular complexity index is 675. The van der Waals surface area contributed by atoms with Gasteiger partial charge in [-0.2, -0.15) is 0 Å². The number of carbonyl (C=O) groups excluding carboxylic acids is 4. The molecule has 2 fully saturated rings. The molecule has 0 N–H and O–H groups in total. The van der Waals surface area contributed by atoms with Crippen molar-refractivity contribution in [3.63, 3.8) is 0 Å². The van der Waals surface area contributed by atoms with Crippen molar-refractivity contribution in [1.82, 2.24) is 9.80 Å². The largest absolute Gasteiger partial charge is 0.465 e. The quantitative estimate of drug-likeness (QED) is 0.343. The number of amides is 2. The molecule has 2 saturated heterocycles. The molecule has 2 aliphatic rings. The van der Waals surface area contributed by atoms with Crippen molar-refractivity contribution in [2.24, 2.45) is 0 Å². The average molecular weight is 435 g/mol. The summed E-state index contributed by atoms with van der Waals surface area (Å²) < 4.78 is 9.92. The molecule has 0 saturated carbocycles. The molecule has 2 rings (SSSR count). The van der Waals surface area contributed by atoms with Crippen LogP contribution >= 0.6 is 48.0 Å². The molecule has 0 bridgehead atoms. The summed E-state index contributed by atoms with van der Waals surface area (Å²) >= 11 is 12.1. The summed E-state index contributed by atoms with van der Waals surface area (Å²) in [5.41, 5.74) is 0. The predicted molar refractivity (Wildman–Crippen MR) is 104 cm³/mol. The lowest BCUT2D eigenvalue weighted by atomic mass is 10.3. The highest BCUT2D eigenvalue weighted by molar-refractivity contribution is 8.29. The third kappa shape index (κ3) is 4.42. The number of rotatable bonds is 6. The molecule has 8 nitrogen and oxygen atoms in total. The van der Waals surface area contributed by atoms with E-state index in [-0.39, 0.29) is 44.8 Å². The van der Waals surface area contributed by atoms with Gasteiger partial charge in [-0.05, 0) is 13.8 Å². The van der Waals surface area contributed by atoms with Gasteiger partial charge in [0.2, 0.25) is 0 Å². The summed E-state index contributed by atoms with van der Waals surface area (Å²) in [5, 5.41) is 0. The maximum atomic E-state index is 12.6. The van der Waals surface area contributed by atoms with E-state index in [1.165, 1.54) is 0 Å². The summed E-state index contributed by atoms with van der Waals surface area (Å²) in [6.45, 7) is 3.00. The van der Waals surface area contributed by atoms with Crippen molar-refractivity contribution < 1.29 is 28.7 Å². The molecule has 0 spiro atoms. The minimum absolute atomic E-state index is 0.0861. The Morgan fingerprint density at radius 2 is 1.19 bits per heavy atom. The zero-order chi connectivity index (χ0) is 19.4. The third-order valence-electron chi connectivity index (χ3n) is 3.09. The maximum absolute atomic E-state index is 12.6. The van der Waals surface area contributed by atoms with Gasteiger partial charge in [0.1, 0.15) is 21.7 Å². The van der Waals surface area contributed by atoms with Crippen LogP contribution in [0.1, 0.15) is 13.8 Å². The van der Waals surface area contributed by atoms with Crippen LogP contribution in [-0.2, 0) is 28.7 Å². The zero-order valence-electron chi connectivity index (χ0n) is 13.8. The first-order valence-electron chi connectivity index (χ1n) is 7.43. The van der Waals surface area contributed by atoms with E-state index in [0.717, 1.165) is 33.3 Å². The summed E-state index contributed by atoms with van der Waals surface area (Å²) in [6.07, 6.45) is 0. The van der Waals surface area contributed by atoms with Crippen LogP contribution in [0.2, 0.25) is 0 Å².